The van der Waals surface area contributed by atoms with Gasteiger partial charge in [0.05, 0.1) is 11.3 Å². The number of amides is 3. The molecule has 2 aromatic carbocycles. The van der Waals surface area contributed by atoms with Crippen LogP contribution in [0, 0.1) is 0 Å². The summed E-state index contributed by atoms with van der Waals surface area (Å²) in [6, 6.07) is 7.37. The van der Waals surface area contributed by atoms with Crippen LogP contribution in [0.4, 0.5) is 23.7 Å². The molecule has 126 valence electrons. The number of carbonyl (C=O) groups excluding carboxylic acids is 2. The zero-order valence-corrected chi connectivity index (χ0v) is 13.3. The van der Waals surface area contributed by atoms with Crippen LogP contribution in [0.2, 0.25) is 10.0 Å². The number of urea groups is 1. The van der Waals surface area contributed by atoms with Crippen LogP contribution in [0.3, 0.4) is 0 Å². The van der Waals surface area contributed by atoms with E-state index in [0.717, 1.165) is 6.07 Å². The van der Waals surface area contributed by atoms with E-state index in [-0.39, 0.29) is 10.6 Å². The number of halogens is 5. The fraction of sp³-hybridized carbons (Fsp3) is 0.0667. The predicted octanol–water partition coefficient (Wildman–Crippen LogP) is 4.97. The predicted molar refractivity (Wildman–Crippen MR) is 84.4 cm³/mol. The van der Waals surface area contributed by atoms with Crippen molar-refractivity contribution in [3.8, 4) is 0 Å². The molecule has 4 nitrogen and oxygen atoms in total. The maximum Gasteiger partial charge on any atom is 0.418 e. The van der Waals surface area contributed by atoms with Gasteiger partial charge in [0.1, 0.15) is 0 Å². The lowest BCUT2D eigenvalue weighted by Crippen LogP contribution is -2.34. The number of rotatable bonds is 2. The van der Waals surface area contributed by atoms with E-state index in [1.807, 2.05) is 10.6 Å². The molecule has 0 saturated carbocycles. The minimum atomic E-state index is -4.71. The molecular weight excluding hydrogens is 368 g/mol. The Bertz CT molecular complexity index is 777. The summed E-state index contributed by atoms with van der Waals surface area (Å²) in [7, 11) is 0. The summed E-state index contributed by atoms with van der Waals surface area (Å²) in [5.74, 6) is -0.785. The van der Waals surface area contributed by atoms with E-state index in [4.69, 9.17) is 23.2 Å². The lowest BCUT2D eigenvalue weighted by atomic mass is 10.1. The highest BCUT2D eigenvalue weighted by atomic mass is 35.5. The van der Waals surface area contributed by atoms with Crippen molar-refractivity contribution in [2.24, 2.45) is 0 Å². The van der Waals surface area contributed by atoms with Crippen molar-refractivity contribution < 1.29 is 22.8 Å². The molecule has 0 aliphatic carbocycles. The van der Waals surface area contributed by atoms with Crippen LogP contribution in [0.25, 0.3) is 0 Å². The van der Waals surface area contributed by atoms with Crippen molar-refractivity contribution in [2.45, 2.75) is 6.18 Å². The second-order valence-electron chi connectivity index (χ2n) is 4.60. The quantitative estimate of drug-likeness (QED) is 0.776. The maximum atomic E-state index is 12.9. The molecule has 24 heavy (non-hydrogen) atoms. The highest BCUT2D eigenvalue weighted by Gasteiger charge is 2.34. The molecule has 0 aliphatic heterocycles. The number of alkyl halides is 3. The third-order valence-electron chi connectivity index (χ3n) is 2.87. The zero-order valence-electron chi connectivity index (χ0n) is 11.7. The number of carbonyl (C=O) groups is 2. The molecule has 0 fully saturated rings. The topological polar surface area (TPSA) is 58.2 Å². The van der Waals surface area contributed by atoms with Gasteiger partial charge < -0.3 is 5.32 Å². The third kappa shape index (κ3) is 4.62. The molecule has 0 aliphatic rings. The van der Waals surface area contributed by atoms with E-state index >= 15 is 0 Å². The molecule has 0 unspecified atom stereocenters. The summed E-state index contributed by atoms with van der Waals surface area (Å²) >= 11 is 11.2. The summed E-state index contributed by atoms with van der Waals surface area (Å²) in [5.41, 5.74) is -1.51. The first-order chi connectivity index (χ1) is 11.2. The molecule has 9 heteroatoms. The van der Waals surface area contributed by atoms with Gasteiger partial charge in [-0.1, -0.05) is 23.2 Å². The molecule has 0 radical (unpaired) electrons. The Morgan fingerprint density at radius 1 is 0.917 bits per heavy atom. The van der Waals surface area contributed by atoms with E-state index in [2.05, 4.69) is 0 Å². The Morgan fingerprint density at radius 2 is 1.50 bits per heavy atom. The summed E-state index contributed by atoms with van der Waals surface area (Å²) in [6.45, 7) is 0. The summed E-state index contributed by atoms with van der Waals surface area (Å²) < 4.78 is 38.8. The first kappa shape index (κ1) is 18.1. The van der Waals surface area contributed by atoms with Gasteiger partial charge in [-0.3, -0.25) is 10.1 Å². The number of imide groups is 1. The average Bonchev–Trinajstić information content (AvgIpc) is 2.48. The molecule has 0 aromatic heterocycles. The Kier molecular flexibility index (Phi) is 5.36. The minimum absolute atomic E-state index is 0.127. The largest absolute Gasteiger partial charge is 0.418 e. The van der Waals surface area contributed by atoms with Crippen molar-refractivity contribution in [2.75, 3.05) is 5.32 Å². The second-order valence-corrected chi connectivity index (χ2v) is 5.48. The number of benzene rings is 2. The molecule has 0 bridgehead atoms. The van der Waals surface area contributed by atoms with Crippen LogP contribution >= 0.6 is 23.2 Å². The molecule has 2 rings (SSSR count). The molecule has 2 aromatic rings. The first-order valence-electron chi connectivity index (χ1n) is 6.41. The zero-order chi connectivity index (χ0) is 17.9. The van der Waals surface area contributed by atoms with Gasteiger partial charge in [0.25, 0.3) is 5.91 Å². The van der Waals surface area contributed by atoms with Crippen LogP contribution in [0.1, 0.15) is 15.9 Å². The van der Waals surface area contributed by atoms with Crippen LogP contribution in [-0.4, -0.2) is 11.9 Å². The Hall–Kier alpha value is -2.25. The second kappa shape index (κ2) is 7.11. The normalized spacial score (nSPS) is 11.0. The number of hydrogen-bond donors (Lipinski definition) is 2. The molecule has 0 saturated heterocycles. The first-order valence-corrected chi connectivity index (χ1v) is 7.17. The van der Waals surface area contributed by atoms with Crippen molar-refractivity contribution in [3.63, 3.8) is 0 Å². The average molecular weight is 377 g/mol. The Balaban J connectivity index is 2.13. The van der Waals surface area contributed by atoms with E-state index < -0.39 is 29.4 Å². The summed E-state index contributed by atoms with van der Waals surface area (Å²) in [5, 5.41) is 4.17. The summed E-state index contributed by atoms with van der Waals surface area (Å²) in [4.78, 5) is 23.6. The van der Waals surface area contributed by atoms with Gasteiger partial charge in [0.15, 0.2) is 0 Å². The SMILES string of the molecule is O=C(NC(=O)c1ccc(Cl)cc1)Nc1ccc(Cl)cc1C(F)(F)F. The third-order valence-corrected chi connectivity index (χ3v) is 3.36. The van der Waals surface area contributed by atoms with Crippen LogP contribution in [0.5, 0.6) is 0 Å². The molecule has 0 spiro atoms. The number of nitrogens with one attached hydrogen (secondary N) is 2. The van der Waals surface area contributed by atoms with Gasteiger partial charge in [0.2, 0.25) is 0 Å². The van der Waals surface area contributed by atoms with Crippen molar-refractivity contribution in [1.82, 2.24) is 5.32 Å². The molecule has 0 heterocycles. The van der Waals surface area contributed by atoms with Crippen LogP contribution in [0.15, 0.2) is 42.5 Å². The number of hydrogen-bond acceptors (Lipinski definition) is 2. The van der Waals surface area contributed by atoms with Gasteiger partial charge in [0, 0.05) is 15.6 Å². The molecule has 3 amide bonds. The van der Waals surface area contributed by atoms with Gasteiger partial charge >= 0.3 is 12.2 Å². The van der Waals surface area contributed by atoms with E-state index in [0.29, 0.717) is 11.1 Å². The standard InChI is InChI=1S/C15H9Cl2F3N2O2/c16-9-3-1-8(2-4-9)13(23)22-14(24)21-12-6-5-10(17)7-11(12)15(18,19)20/h1-7H,(H2,21,22,23,24). The molecular formula is C15H9Cl2F3N2O2. The van der Waals surface area contributed by atoms with Gasteiger partial charge in [-0.05, 0) is 42.5 Å². The van der Waals surface area contributed by atoms with Crippen molar-refractivity contribution in [1.29, 1.82) is 0 Å². The Morgan fingerprint density at radius 3 is 2.08 bits per heavy atom. The van der Waals surface area contributed by atoms with Gasteiger partial charge in [-0.25, -0.2) is 4.79 Å². The minimum Gasteiger partial charge on any atom is -0.307 e. The Labute approximate surface area is 144 Å². The monoisotopic (exact) mass is 376 g/mol. The van der Waals surface area contributed by atoms with E-state index in [9.17, 15) is 22.8 Å². The lowest BCUT2D eigenvalue weighted by Gasteiger charge is -2.14. The fourth-order valence-corrected chi connectivity index (χ4v) is 2.09. The molecule has 0 atom stereocenters. The highest BCUT2D eigenvalue weighted by Crippen LogP contribution is 2.36. The van der Waals surface area contributed by atoms with E-state index in [1.165, 1.54) is 30.3 Å². The maximum absolute atomic E-state index is 12.9. The van der Waals surface area contributed by atoms with Gasteiger partial charge in [-0.15, -0.1) is 0 Å². The fourth-order valence-electron chi connectivity index (χ4n) is 1.79. The van der Waals surface area contributed by atoms with Crippen molar-refractivity contribution in [3.05, 3.63) is 63.6 Å². The van der Waals surface area contributed by atoms with Crippen LogP contribution < -0.4 is 10.6 Å². The van der Waals surface area contributed by atoms with Crippen LogP contribution in [-0.2, 0) is 6.18 Å². The number of anilines is 1. The smallest absolute Gasteiger partial charge is 0.307 e. The van der Waals surface area contributed by atoms with Gasteiger partial charge in [-0.2, -0.15) is 13.2 Å². The van der Waals surface area contributed by atoms with E-state index in [1.54, 1.807) is 0 Å². The highest BCUT2D eigenvalue weighted by molar-refractivity contribution is 6.31. The lowest BCUT2D eigenvalue weighted by molar-refractivity contribution is -0.136. The molecule has 2 N–H and O–H groups in total. The van der Waals surface area contributed by atoms with Crippen molar-refractivity contribution >= 4 is 40.8 Å². The summed E-state index contributed by atoms with van der Waals surface area (Å²) in [6.07, 6.45) is -4.71.